The van der Waals surface area contributed by atoms with E-state index in [1.54, 1.807) is 60.7 Å². The van der Waals surface area contributed by atoms with E-state index in [2.05, 4.69) is 42.5 Å². The first-order valence-electron chi connectivity index (χ1n) is 15.7. The van der Waals surface area contributed by atoms with Gasteiger partial charge < -0.3 is 9.13 Å². The van der Waals surface area contributed by atoms with Crippen LogP contribution in [0.3, 0.4) is 0 Å². The first-order chi connectivity index (χ1) is 25.4. The van der Waals surface area contributed by atoms with Gasteiger partial charge in [-0.05, 0) is 114 Å². The highest BCUT2D eigenvalue weighted by molar-refractivity contribution is 6.12. The maximum absolute atomic E-state index is 11.1. The second-order valence-corrected chi connectivity index (χ2v) is 12.1. The third-order valence-corrected chi connectivity index (χ3v) is 9.26. The number of nitrogens with zero attached hydrogens (tertiary/aromatic N) is 9. The molecule has 0 aliphatic carbocycles. The van der Waals surface area contributed by atoms with Crippen molar-refractivity contribution in [1.29, 1.82) is 36.8 Å². The summed E-state index contributed by atoms with van der Waals surface area (Å²) in [6.07, 6.45) is 0. The molecule has 0 unspecified atom stereocenters. The summed E-state index contributed by atoms with van der Waals surface area (Å²) in [5, 5.41) is 72.8. The van der Waals surface area contributed by atoms with E-state index < -0.39 is 0 Å². The molecule has 0 fully saturated rings. The lowest BCUT2D eigenvalue weighted by Crippen LogP contribution is -2.05. The predicted molar refractivity (Wildman–Crippen MR) is 194 cm³/mol. The molecule has 0 aliphatic rings. The molecular weight excluding hydrogens is 643 g/mol. The summed E-state index contributed by atoms with van der Waals surface area (Å²) < 4.78 is 3.85. The van der Waals surface area contributed by atoms with E-state index in [9.17, 15) is 36.8 Å². The second-order valence-electron chi connectivity index (χ2n) is 12.1. The van der Waals surface area contributed by atoms with Crippen molar-refractivity contribution in [3.8, 4) is 65.0 Å². The van der Waals surface area contributed by atoms with Crippen molar-refractivity contribution in [1.82, 2.24) is 9.13 Å². The van der Waals surface area contributed by atoms with Gasteiger partial charge in [0.25, 0.3) is 0 Å². The minimum Gasteiger partial charge on any atom is -0.308 e. The fourth-order valence-electron chi connectivity index (χ4n) is 7.01. The maximum Gasteiger partial charge on any atom is 0.104 e. The maximum atomic E-state index is 11.1. The fourth-order valence-corrected chi connectivity index (χ4v) is 7.01. The van der Waals surface area contributed by atoms with Crippen LogP contribution in [-0.4, -0.2) is 9.13 Å². The Morgan fingerprint density at radius 1 is 0.308 bits per heavy atom. The molecule has 52 heavy (non-hydrogen) atoms. The Bertz CT molecular complexity index is 2870. The van der Waals surface area contributed by atoms with Crippen molar-refractivity contribution in [2.75, 3.05) is 0 Å². The highest BCUT2D eigenvalue weighted by atomic mass is 15.0. The van der Waals surface area contributed by atoms with Gasteiger partial charge in [-0.3, -0.25) is 0 Å². The molecule has 0 spiro atoms. The number of hydrogen-bond donors (Lipinski definition) is 0. The van der Waals surface area contributed by atoms with Crippen LogP contribution in [0.4, 0.5) is 0 Å². The number of nitriles is 7. The molecule has 234 valence electrons. The summed E-state index contributed by atoms with van der Waals surface area (Å²) in [6.45, 7) is 0. The highest BCUT2D eigenvalue weighted by Crippen LogP contribution is 2.41. The lowest BCUT2D eigenvalue weighted by Gasteiger charge is -2.18. The lowest BCUT2D eigenvalue weighted by atomic mass is 9.97. The van der Waals surface area contributed by atoms with Crippen LogP contribution in [0.25, 0.3) is 66.1 Å². The second kappa shape index (κ2) is 11.8. The van der Waals surface area contributed by atoms with E-state index in [-0.39, 0.29) is 16.7 Å². The van der Waals surface area contributed by atoms with Crippen LogP contribution in [0.2, 0.25) is 0 Å². The van der Waals surface area contributed by atoms with Crippen LogP contribution in [0.15, 0.2) is 103 Å². The third kappa shape index (κ3) is 4.57. The van der Waals surface area contributed by atoms with Crippen LogP contribution in [0.1, 0.15) is 38.9 Å². The third-order valence-electron chi connectivity index (χ3n) is 9.26. The van der Waals surface area contributed by atoms with Gasteiger partial charge in [-0.2, -0.15) is 36.8 Å². The molecule has 2 heterocycles. The molecule has 9 nitrogen and oxygen atoms in total. The average molecular weight is 660 g/mol. The van der Waals surface area contributed by atoms with E-state index in [4.69, 9.17) is 0 Å². The lowest BCUT2D eigenvalue weighted by molar-refractivity contribution is 1.12. The van der Waals surface area contributed by atoms with Crippen molar-refractivity contribution in [2.45, 2.75) is 0 Å². The van der Waals surface area contributed by atoms with E-state index in [1.807, 2.05) is 45.5 Å². The topological polar surface area (TPSA) is 176 Å². The minimum atomic E-state index is 0.278. The number of hydrogen-bond acceptors (Lipinski definition) is 7. The zero-order chi connectivity index (χ0) is 36.1. The first kappa shape index (κ1) is 30.7. The van der Waals surface area contributed by atoms with Gasteiger partial charge in [0.1, 0.15) is 11.6 Å². The van der Waals surface area contributed by atoms with Crippen LogP contribution >= 0.6 is 0 Å². The molecule has 8 rings (SSSR count). The summed E-state index contributed by atoms with van der Waals surface area (Å²) >= 11 is 0. The van der Waals surface area contributed by atoms with E-state index in [0.29, 0.717) is 88.4 Å². The average Bonchev–Trinajstić information content (AvgIpc) is 3.70. The van der Waals surface area contributed by atoms with Crippen LogP contribution in [-0.2, 0) is 0 Å². The number of benzene rings is 6. The van der Waals surface area contributed by atoms with Gasteiger partial charge in [-0.15, -0.1) is 0 Å². The van der Waals surface area contributed by atoms with Gasteiger partial charge in [-0.1, -0.05) is 0 Å². The largest absolute Gasteiger partial charge is 0.308 e. The molecule has 0 amide bonds. The van der Waals surface area contributed by atoms with Crippen molar-refractivity contribution in [2.24, 2.45) is 0 Å². The Balaban J connectivity index is 1.58. The molecule has 6 aromatic carbocycles. The molecule has 9 heteroatoms. The van der Waals surface area contributed by atoms with E-state index >= 15 is 0 Å². The van der Waals surface area contributed by atoms with Gasteiger partial charge in [0.15, 0.2) is 0 Å². The first-order valence-corrected chi connectivity index (χ1v) is 15.7. The van der Waals surface area contributed by atoms with Crippen molar-refractivity contribution >= 4 is 43.6 Å². The molecule has 0 aliphatic heterocycles. The van der Waals surface area contributed by atoms with Crippen LogP contribution in [0.5, 0.6) is 0 Å². The van der Waals surface area contributed by atoms with Crippen LogP contribution in [0, 0.1) is 79.3 Å². The molecule has 0 atom stereocenters. The zero-order valence-electron chi connectivity index (χ0n) is 26.8. The molecule has 8 aromatic rings. The number of fused-ring (bicyclic) bond motifs is 6. The Morgan fingerprint density at radius 2 is 0.615 bits per heavy atom. The molecular formula is C43H17N9. The number of aromatic nitrogens is 2. The molecule has 0 saturated heterocycles. The molecule has 0 bridgehead atoms. The Morgan fingerprint density at radius 3 is 0.904 bits per heavy atom. The summed E-state index contributed by atoms with van der Waals surface area (Å²) in [7, 11) is 0. The Labute approximate surface area is 295 Å². The van der Waals surface area contributed by atoms with Gasteiger partial charge >= 0.3 is 0 Å². The van der Waals surface area contributed by atoms with Crippen molar-refractivity contribution in [3.63, 3.8) is 0 Å². The summed E-state index contributed by atoms with van der Waals surface area (Å²) in [5.41, 5.74) is 7.45. The summed E-state index contributed by atoms with van der Waals surface area (Å²) in [5.74, 6) is 0. The van der Waals surface area contributed by atoms with Crippen LogP contribution < -0.4 is 0 Å². The number of rotatable bonds is 3. The van der Waals surface area contributed by atoms with Gasteiger partial charge in [-0.25, -0.2) is 0 Å². The predicted octanol–water partition coefficient (Wildman–Crippen LogP) is 8.65. The van der Waals surface area contributed by atoms with Gasteiger partial charge in [0.05, 0.1) is 103 Å². The molecule has 0 N–H and O–H groups in total. The van der Waals surface area contributed by atoms with Crippen molar-refractivity contribution < 1.29 is 0 Å². The molecule has 2 aromatic heterocycles. The molecule has 0 saturated carbocycles. The summed E-state index contributed by atoms with van der Waals surface area (Å²) in [4.78, 5) is 0. The zero-order valence-corrected chi connectivity index (χ0v) is 26.8. The van der Waals surface area contributed by atoms with E-state index in [1.165, 1.54) is 6.07 Å². The Hall–Kier alpha value is -8.65. The quantitative estimate of drug-likeness (QED) is 0.182. The van der Waals surface area contributed by atoms with E-state index in [0.717, 1.165) is 0 Å². The minimum absolute atomic E-state index is 0.278. The van der Waals surface area contributed by atoms with Gasteiger partial charge in [0.2, 0.25) is 0 Å². The monoisotopic (exact) mass is 659 g/mol. The fraction of sp³-hybridized carbons (Fsp3) is 0. The summed E-state index contributed by atoms with van der Waals surface area (Å²) in [6, 6.07) is 45.1. The standard InChI is InChI=1S/C43H17N9/c44-18-25-1-5-38-33(12-25)34-13-26(19-45)2-6-39(34)51(38)42-16-32(31-10-29(22-48)9-30(11-31)23-49)17-43(37(42)24-50)52-40-7-3-27(20-46)14-35(40)36-15-28(21-47)4-8-41(36)52/h1-17H. The molecule has 0 radical (unpaired) electrons. The van der Waals surface area contributed by atoms with Crippen molar-refractivity contribution in [3.05, 3.63) is 142 Å². The highest BCUT2D eigenvalue weighted by Gasteiger charge is 2.23. The normalized spacial score (nSPS) is 10.6. The smallest absolute Gasteiger partial charge is 0.104 e. The Kier molecular flexibility index (Phi) is 6.96. The van der Waals surface area contributed by atoms with Gasteiger partial charge in [0, 0.05) is 21.5 Å². The SMILES string of the molecule is N#Cc1cc(C#N)cc(-c2cc(-n3c4ccc(C#N)cc4c4cc(C#N)ccc43)c(C#N)c(-n3c4ccc(C#N)cc4c4cc(C#N)ccc43)c2)c1.